The maximum absolute atomic E-state index is 12.7. The van der Waals surface area contributed by atoms with Crippen molar-refractivity contribution in [3.05, 3.63) is 29.7 Å². The quantitative estimate of drug-likeness (QED) is 0.840. The van der Waals surface area contributed by atoms with Crippen molar-refractivity contribution in [2.24, 2.45) is 5.92 Å². The van der Waals surface area contributed by atoms with Gasteiger partial charge < -0.3 is 9.42 Å². The summed E-state index contributed by atoms with van der Waals surface area (Å²) in [5.41, 5.74) is 1.95. The number of piperidine rings is 1. The van der Waals surface area contributed by atoms with Gasteiger partial charge in [-0.15, -0.1) is 0 Å². The van der Waals surface area contributed by atoms with E-state index < -0.39 is 0 Å². The number of aromatic nitrogens is 4. The molecule has 2 atom stereocenters. The highest BCUT2D eigenvalue weighted by Crippen LogP contribution is 2.27. The molecule has 1 amide bonds. The van der Waals surface area contributed by atoms with Gasteiger partial charge in [0.2, 0.25) is 5.91 Å². The van der Waals surface area contributed by atoms with E-state index >= 15 is 0 Å². The molecular weight excluding hydrogens is 306 g/mol. The van der Waals surface area contributed by atoms with E-state index in [9.17, 15) is 4.79 Å². The summed E-state index contributed by atoms with van der Waals surface area (Å²) < 4.78 is 7.08. The molecule has 0 radical (unpaired) electrons. The molecule has 2 unspecified atom stereocenters. The standard InChI is InChI=1S/C17H25N5O2/c1-12(17-13(2)20-24-14(17)3)7-16(23)21-6-4-5-15(8-21)9-22-11-18-10-19-22/h10-12,15H,4-9H2,1-3H3. The minimum Gasteiger partial charge on any atom is -0.361 e. The average Bonchev–Trinajstić information content (AvgIpc) is 3.17. The maximum Gasteiger partial charge on any atom is 0.223 e. The number of amides is 1. The molecule has 2 aromatic heterocycles. The number of hydrogen-bond donors (Lipinski definition) is 0. The zero-order chi connectivity index (χ0) is 17.1. The molecule has 1 aliphatic rings. The van der Waals surface area contributed by atoms with Crippen LogP contribution in [0.2, 0.25) is 0 Å². The Kier molecular flexibility index (Phi) is 4.97. The fraction of sp³-hybridized carbons (Fsp3) is 0.647. The molecule has 1 fully saturated rings. The van der Waals surface area contributed by atoms with Crippen molar-refractivity contribution in [3.63, 3.8) is 0 Å². The SMILES string of the molecule is Cc1noc(C)c1C(C)CC(=O)N1CCCC(Cn2cncn2)C1. The molecule has 0 bridgehead atoms. The molecular formula is C17H25N5O2. The molecule has 0 aliphatic carbocycles. The highest BCUT2D eigenvalue weighted by molar-refractivity contribution is 5.77. The van der Waals surface area contributed by atoms with Crippen molar-refractivity contribution in [3.8, 4) is 0 Å². The Hall–Kier alpha value is -2.18. The third-order valence-electron chi connectivity index (χ3n) is 4.85. The van der Waals surface area contributed by atoms with Gasteiger partial charge in [-0.25, -0.2) is 4.98 Å². The van der Waals surface area contributed by atoms with E-state index in [1.807, 2.05) is 23.4 Å². The predicted molar refractivity (Wildman–Crippen MR) is 88.3 cm³/mol. The minimum atomic E-state index is 0.124. The average molecular weight is 331 g/mol. The Morgan fingerprint density at radius 3 is 2.96 bits per heavy atom. The topological polar surface area (TPSA) is 77.0 Å². The molecule has 0 saturated carbocycles. The summed E-state index contributed by atoms with van der Waals surface area (Å²) in [6.07, 6.45) is 5.96. The fourth-order valence-corrected chi connectivity index (χ4v) is 3.72. The van der Waals surface area contributed by atoms with Gasteiger partial charge in [-0.1, -0.05) is 12.1 Å². The lowest BCUT2D eigenvalue weighted by molar-refractivity contribution is -0.133. The van der Waals surface area contributed by atoms with Gasteiger partial charge in [0.25, 0.3) is 0 Å². The Balaban J connectivity index is 1.58. The number of carbonyl (C=O) groups excluding carboxylic acids is 1. The summed E-state index contributed by atoms with van der Waals surface area (Å²) in [4.78, 5) is 18.7. The third-order valence-corrected chi connectivity index (χ3v) is 4.85. The first-order valence-electron chi connectivity index (χ1n) is 8.57. The molecule has 7 heteroatoms. The maximum atomic E-state index is 12.7. The van der Waals surface area contributed by atoms with Crippen LogP contribution in [0, 0.1) is 19.8 Å². The van der Waals surface area contributed by atoms with Gasteiger partial charge in [-0.2, -0.15) is 5.10 Å². The van der Waals surface area contributed by atoms with Crippen molar-refractivity contribution >= 4 is 5.91 Å². The Morgan fingerprint density at radius 2 is 2.29 bits per heavy atom. The van der Waals surface area contributed by atoms with Crippen LogP contribution in [0.25, 0.3) is 0 Å². The number of nitrogens with zero attached hydrogens (tertiary/aromatic N) is 5. The van der Waals surface area contributed by atoms with Crippen LogP contribution < -0.4 is 0 Å². The van der Waals surface area contributed by atoms with Gasteiger partial charge in [0.1, 0.15) is 18.4 Å². The number of rotatable bonds is 5. The van der Waals surface area contributed by atoms with E-state index in [2.05, 4.69) is 22.2 Å². The van der Waals surface area contributed by atoms with Gasteiger partial charge in [0.05, 0.1) is 5.69 Å². The van der Waals surface area contributed by atoms with Crippen LogP contribution in [0.4, 0.5) is 0 Å². The van der Waals surface area contributed by atoms with E-state index in [0.29, 0.717) is 12.3 Å². The largest absolute Gasteiger partial charge is 0.361 e. The predicted octanol–water partition coefficient (Wildman–Crippen LogP) is 2.32. The highest BCUT2D eigenvalue weighted by atomic mass is 16.5. The Bertz CT molecular complexity index is 660. The van der Waals surface area contributed by atoms with Crippen LogP contribution in [-0.4, -0.2) is 43.8 Å². The van der Waals surface area contributed by atoms with Gasteiger partial charge >= 0.3 is 0 Å². The molecule has 24 heavy (non-hydrogen) atoms. The smallest absolute Gasteiger partial charge is 0.223 e. The van der Waals surface area contributed by atoms with E-state index in [0.717, 1.165) is 49.5 Å². The molecule has 1 saturated heterocycles. The van der Waals surface area contributed by atoms with Gasteiger partial charge in [0, 0.05) is 31.6 Å². The highest BCUT2D eigenvalue weighted by Gasteiger charge is 2.27. The third kappa shape index (κ3) is 3.66. The number of likely N-dealkylation sites (tertiary alicyclic amines) is 1. The molecule has 1 aliphatic heterocycles. The first-order chi connectivity index (χ1) is 11.5. The summed E-state index contributed by atoms with van der Waals surface area (Å²) in [7, 11) is 0. The molecule has 0 spiro atoms. The molecule has 2 aromatic rings. The van der Waals surface area contributed by atoms with E-state index in [4.69, 9.17) is 4.52 Å². The second kappa shape index (κ2) is 7.15. The molecule has 0 aromatic carbocycles. The van der Waals surface area contributed by atoms with Crippen molar-refractivity contribution in [2.45, 2.75) is 52.5 Å². The molecule has 3 heterocycles. The van der Waals surface area contributed by atoms with Gasteiger partial charge in [-0.05, 0) is 38.5 Å². The van der Waals surface area contributed by atoms with Crippen LogP contribution in [-0.2, 0) is 11.3 Å². The molecule has 0 N–H and O–H groups in total. The second-order valence-electron chi connectivity index (χ2n) is 6.81. The van der Waals surface area contributed by atoms with Crippen LogP contribution in [0.5, 0.6) is 0 Å². The first-order valence-corrected chi connectivity index (χ1v) is 8.57. The second-order valence-corrected chi connectivity index (χ2v) is 6.81. The molecule has 130 valence electrons. The molecule has 7 nitrogen and oxygen atoms in total. The number of aryl methyl sites for hydroxylation is 2. The lowest BCUT2D eigenvalue weighted by atomic mass is 9.93. The van der Waals surface area contributed by atoms with Crippen molar-refractivity contribution in [2.75, 3.05) is 13.1 Å². The van der Waals surface area contributed by atoms with Gasteiger partial charge in [0.15, 0.2) is 0 Å². The monoisotopic (exact) mass is 331 g/mol. The van der Waals surface area contributed by atoms with Crippen LogP contribution >= 0.6 is 0 Å². The number of carbonyl (C=O) groups is 1. The van der Waals surface area contributed by atoms with Crippen LogP contribution in [0.1, 0.15) is 49.1 Å². The molecule has 3 rings (SSSR count). The fourth-order valence-electron chi connectivity index (χ4n) is 3.72. The minimum absolute atomic E-state index is 0.124. The van der Waals surface area contributed by atoms with Crippen molar-refractivity contribution in [1.29, 1.82) is 0 Å². The van der Waals surface area contributed by atoms with E-state index in [1.54, 1.807) is 12.7 Å². The van der Waals surface area contributed by atoms with Crippen molar-refractivity contribution < 1.29 is 9.32 Å². The summed E-state index contributed by atoms with van der Waals surface area (Å²) in [5.74, 6) is 1.60. The summed E-state index contributed by atoms with van der Waals surface area (Å²) in [5, 5.41) is 8.16. The van der Waals surface area contributed by atoms with Gasteiger partial charge in [-0.3, -0.25) is 9.48 Å². The van der Waals surface area contributed by atoms with Crippen molar-refractivity contribution in [1.82, 2.24) is 24.8 Å². The summed E-state index contributed by atoms with van der Waals surface area (Å²) in [6.45, 7) is 8.38. The van der Waals surface area contributed by atoms with E-state index in [-0.39, 0.29) is 11.8 Å². The van der Waals surface area contributed by atoms with Crippen LogP contribution in [0.15, 0.2) is 17.2 Å². The Morgan fingerprint density at radius 1 is 1.46 bits per heavy atom. The zero-order valence-electron chi connectivity index (χ0n) is 14.6. The van der Waals surface area contributed by atoms with E-state index in [1.165, 1.54) is 0 Å². The first kappa shape index (κ1) is 16.7. The Labute approximate surface area is 142 Å². The summed E-state index contributed by atoms with van der Waals surface area (Å²) >= 11 is 0. The lowest BCUT2D eigenvalue weighted by Crippen LogP contribution is -2.41. The number of hydrogen-bond acceptors (Lipinski definition) is 5. The summed E-state index contributed by atoms with van der Waals surface area (Å²) in [6, 6.07) is 0. The normalized spacial score (nSPS) is 19.5. The van der Waals surface area contributed by atoms with Crippen LogP contribution in [0.3, 0.4) is 0 Å². The zero-order valence-corrected chi connectivity index (χ0v) is 14.6. The lowest BCUT2D eigenvalue weighted by Gasteiger charge is -2.33.